The van der Waals surface area contributed by atoms with E-state index in [9.17, 15) is 5.11 Å². The van der Waals surface area contributed by atoms with Crippen LogP contribution in [0.4, 0.5) is 0 Å². The van der Waals surface area contributed by atoms with Crippen LogP contribution in [0.5, 0.6) is 0 Å². The lowest BCUT2D eigenvalue weighted by molar-refractivity contribution is -0.0524. The van der Waals surface area contributed by atoms with E-state index in [2.05, 4.69) is 44.1 Å². The number of allylic oxidation sites excluding steroid dienone is 6. The Hall–Kier alpha value is -1.26. The highest BCUT2D eigenvalue weighted by atomic mass is 16.3. The molecule has 3 fully saturated rings. The van der Waals surface area contributed by atoms with E-state index in [1.54, 1.807) is 5.57 Å². The fourth-order valence-electron chi connectivity index (χ4n) is 6.34. The van der Waals surface area contributed by atoms with Crippen molar-refractivity contribution in [1.82, 2.24) is 0 Å². The summed E-state index contributed by atoms with van der Waals surface area (Å²) in [5.74, 6) is 6.04. The van der Waals surface area contributed by atoms with Crippen LogP contribution in [-0.2, 0) is 0 Å². The fraction of sp³-hybridized carbons (Fsp3) is 0.636. The van der Waals surface area contributed by atoms with Crippen molar-refractivity contribution in [3.05, 3.63) is 35.5 Å². The molecule has 4 aliphatic carbocycles. The molecule has 4 rings (SSSR count). The number of fused-ring (bicyclic) bond motifs is 5. The van der Waals surface area contributed by atoms with E-state index in [4.69, 9.17) is 6.42 Å². The second-order valence-corrected chi connectivity index (χ2v) is 8.57. The van der Waals surface area contributed by atoms with Crippen LogP contribution >= 0.6 is 0 Å². The molecular formula is C22H28O. The molecule has 122 valence electrons. The van der Waals surface area contributed by atoms with Gasteiger partial charge in [0, 0.05) is 11.5 Å². The largest absolute Gasteiger partial charge is 0.392 e. The highest BCUT2D eigenvalue weighted by Crippen LogP contribution is 2.62. The summed E-state index contributed by atoms with van der Waals surface area (Å²) < 4.78 is 0. The third-order valence-electron chi connectivity index (χ3n) is 7.53. The molecule has 4 aliphatic rings. The Labute approximate surface area is 140 Å². The standard InChI is InChI=1S/C22H28O/c1-4-15-6-5-7-17-16(13-15)8-9-19-18(17)10-11-22(3)20(19)12-14(2)21(22)23/h1,5-7,13-14,17-21,23H,8-12H2,2-3H3/t14-,17?,18?,19?,20?,21?,22?/m1/s1. The lowest BCUT2D eigenvalue weighted by atomic mass is 9.53. The molecule has 0 aromatic heterocycles. The van der Waals surface area contributed by atoms with Gasteiger partial charge in [-0.05, 0) is 73.3 Å². The number of aliphatic hydroxyl groups is 1. The summed E-state index contributed by atoms with van der Waals surface area (Å²) in [7, 11) is 0. The van der Waals surface area contributed by atoms with Crippen LogP contribution in [-0.4, -0.2) is 11.2 Å². The van der Waals surface area contributed by atoms with Gasteiger partial charge in [-0.15, -0.1) is 6.42 Å². The molecule has 1 heteroatoms. The normalized spacial score (nSPS) is 48.3. The van der Waals surface area contributed by atoms with Crippen molar-refractivity contribution < 1.29 is 5.11 Å². The van der Waals surface area contributed by atoms with Gasteiger partial charge in [-0.25, -0.2) is 0 Å². The summed E-state index contributed by atoms with van der Waals surface area (Å²) in [5.41, 5.74) is 2.71. The van der Waals surface area contributed by atoms with Gasteiger partial charge in [0.1, 0.15) is 0 Å². The Balaban J connectivity index is 1.65. The molecule has 0 heterocycles. The molecule has 6 unspecified atom stereocenters. The summed E-state index contributed by atoms with van der Waals surface area (Å²) in [5, 5.41) is 10.7. The van der Waals surface area contributed by atoms with Crippen LogP contribution in [0.1, 0.15) is 46.0 Å². The molecule has 0 aromatic rings. The van der Waals surface area contributed by atoms with Gasteiger partial charge < -0.3 is 5.11 Å². The Bertz CT molecular complexity index is 631. The van der Waals surface area contributed by atoms with Gasteiger partial charge >= 0.3 is 0 Å². The van der Waals surface area contributed by atoms with Gasteiger partial charge in [0.15, 0.2) is 0 Å². The predicted octanol–water partition coefficient (Wildman–Crippen LogP) is 4.50. The minimum Gasteiger partial charge on any atom is -0.392 e. The number of hydrogen-bond donors (Lipinski definition) is 1. The SMILES string of the molecule is C#CC1=CC=CC2C(=C1)CCC1C2CCC2(C)C1C[C@@H](C)C2O. The van der Waals surface area contributed by atoms with Crippen LogP contribution in [0.3, 0.4) is 0 Å². The first kappa shape index (κ1) is 15.3. The van der Waals surface area contributed by atoms with Crippen LogP contribution in [0, 0.1) is 47.3 Å². The first-order valence-corrected chi connectivity index (χ1v) is 9.28. The molecule has 7 atom stereocenters. The zero-order valence-corrected chi connectivity index (χ0v) is 14.3. The van der Waals surface area contributed by atoms with E-state index in [0.717, 1.165) is 17.4 Å². The molecule has 23 heavy (non-hydrogen) atoms. The number of hydrogen-bond acceptors (Lipinski definition) is 1. The van der Waals surface area contributed by atoms with Crippen molar-refractivity contribution in [3.63, 3.8) is 0 Å². The van der Waals surface area contributed by atoms with Gasteiger partial charge in [0.25, 0.3) is 0 Å². The highest BCUT2D eigenvalue weighted by Gasteiger charge is 2.57. The van der Waals surface area contributed by atoms with Gasteiger partial charge in [0.05, 0.1) is 6.10 Å². The monoisotopic (exact) mass is 308 g/mol. The van der Waals surface area contributed by atoms with Crippen LogP contribution in [0.25, 0.3) is 0 Å². The van der Waals surface area contributed by atoms with Crippen molar-refractivity contribution in [2.45, 2.75) is 52.1 Å². The molecular weight excluding hydrogens is 280 g/mol. The smallest absolute Gasteiger partial charge is 0.0622 e. The summed E-state index contributed by atoms with van der Waals surface area (Å²) >= 11 is 0. The first-order valence-electron chi connectivity index (χ1n) is 9.28. The van der Waals surface area contributed by atoms with E-state index in [1.165, 1.54) is 32.1 Å². The maximum Gasteiger partial charge on any atom is 0.0622 e. The minimum atomic E-state index is -0.107. The molecule has 0 amide bonds. The van der Waals surface area contributed by atoms with Gasteiger partial charge in [-0.3, -0.25) is 0 Å². The number of aliphatic hydroxyl groups excluding tert-OH is 1. The van der Waals surface area contributed by atoms with Crippen molar-refractivity contribution in [1.29, 1.82) is 0 Å². The molecule has 0 bridgehead atoms. The number of terminal acetylenes is 1. The van der Waals surface area contributed by atoms with Gasteiger partial charge in [-0.2, -0.15) is 0 Å². The first-order chi connectivity index (χ1) is 11.0. The lowest BCUT2D eigenvalue weighted by Crippen LogP contribution is -2.47. The average molecular weight is 308 g/mol. The summed E-state index contributed by atoms with van der Waals surface area (Å²) in [6.45, 7) is 4.60. The third kappa shape index (κ3) is 2.18. The van der Waals surface area contributed by atoms with Crippen molar-refractivity contribution in [3.8, 4) is 12.3 Å². The van der Waals surface area contributed by atoms with E-state index < -0.39 is 0 Å². The lowest BCUT2D eigenvalue weighted by Gasteiger charge is -2.52. The Morgan fingerprint density at radius 1 is 1.30 bits per heavy atom. The van der Waals surface area contributed by atoms with E-state index in [1.807, 2.05) is 0 Å². The molecule has 1 nitrogen and oxygen atoms in total. The van der Waals surface area contributed by atoms with Crippen molar-refractivity contribution >= 4 is 0 Å². The molecule has 0 aliphatic heterocycles. The highest BCUT2D eigenvalue weighted by molar-refractivity contribution is 5.44. The molecule has 1 N–H and O–H groups in total. The van der Waals surface area contributed by atoms with Crippen molar-refractivity contribution in [2.24, 2.45) is 35.0 Å². The van der Waals surface area contributed by atoms with Gasteiger partial charge in [-0.1, -0.05) is 37.5 Å². The predicted molar refractivity (Wildman–Crippen MR) is 94.5 cm³/mol. The molecule has 0 saturated heterocycles. The van der Waals surface area contributed by atoms with Crippen molar-refractivity contribution in [2.75, 3.05) is 0 Å². The summed E-state index contributed by atoms with van der Waals surface area (Å²) in [6, 6.07) is 0. The topological polar surface area (TPSA) is 20.2 Å². The molecule has 0 aromatic carbocycles. The molecule has 0 radical (unpaired) electrons. The van der Waals surface area contributed by atoms with Gasteiger partial charge in [0.2, 0.25) is 0 Å². The zero-order chi connectivity index (χ0) is 16.2. The summed E-state index contributed by atoms with van der Waals surface area (Å²) in [4.78, 5) is 0. The Morgan fingerprint density at radius 2 is 2.13 bits per heavy atom. The Kier molecular flexibility index (Phi) is 3.58. The minimum absolute atomic E-state index is 0.107. The fourth-order valence-corrected chi connectivity index (χ4v) is 6.34. The van der Waals surface area contributed by atoms with E-state index >= 15 is 0 Å². The maximum atomic E-state index is 10.7. The molecule has 3 saturated carbocycles. The zero-order valence-electron chi connectivity index (χ0n) is 14.3. The quantitative estimate of drug-likeness (QED) is 0.653. The van der Waals surface area contributed by atoms with Crippen LogP contribution < -0.4 is 0 Å². The molecule has 0 spiro atoms. The van der Waals surface area contributed by atoms with Crippen LogP contribution in [0.15, 0.2) is 35.5 Å². The second-order valence-electron chi connectivity index (χ2n) is 8.57. The van der Waals surface area contributed by atoms with E-state index in [0.29, 0.717) is 17.8 Å². The average Bonchev–Trinajstić information content (AvgIpc) is 2.71. The Morgan fingerprint density at radius 3 is 2.91 bits per heavy atom. The van der Waals surface area contributed by atoms with Crippen LogP contribution in [0.2, 0.25) is 0 Å². The van der Waals surface area contributed by atoms with E-state index in [-0.39, 0.29) is 11.5 Å². The second kappa shape index (κ2) is 5.38. The maximum absolute atomic E-state index is 10.7. The summed E-state index contributed by atoms with van der Waals surface area (Å²) in [6.07, 6.45) is 20.5. The number of rotatable bonds is 0. The third-order valence-corrected chi connectivity index (χ3v) is 7.53.